The number of anilines is 1. The maximum absolute atomic E-state index is 12.3. The molecule has 1 aromatic rings. The number of para-hydroxylation sites is 1. The van der Waals surface area contributed by atoms with Crippen molar-refractivity contribution in [2.45, 2.75) is 108 Å². The number of nitrogens with one attached hydrogen (secondary N) is 1. The van der Waals surface area contributed by atoms with Gasteiger partial charge in [0.1, 0.15) is 0 Å². The molecule has 5 nitrogen and oxygen atoms in total. The largest absolute Gasteiger partial charge is 0.324 e. The molecule has 1 aromatic carbocycles. The summed E-state index contributed by atoms with van der Waals surface area (Å²) in [5.74, 6) is -0.699. The van der Waals surface area contributed by atoms with E-state index in [2.05, 4.69) is 18.3 Å². The van der Waals surface area contributed by atoms with Crippen molar-refractivity contribution in [3.8, 4) is 0 Å². The minimum absolute atomic E-state index is 0.134. The molecule has 0 aliphatic heterocycles. The molecular formula is C24H40NO4S. The molecule has 2 N–H and O–H groups in total. The monoisotopic (exact) mass is 438 g/mol. The Hall–Kier alpha value is -1.40. The van der Waals surface area contributed by atoms with E-state index in [0.29, 0.717) is 12.1 Å². The Morgan fingerprint density at radius 1 is 0.900 bits per heavy atom. The highest BCUT2D eigenvalue weighted by atomic mass is 32.2. The van der Waals surface area contributed by atoms with E-state index >= 15 is 0 Å². The smallest absolute Gasteiger partial charge is 0.276 e. The van der Waals surface area contributed by atoms with Gasteiger partial charge < -0.3 is 5.32 Å². The van der Waals surface area contributed by atoms with Crippen molar-refractivity contribution in [1.29, 1.82) is 0 Å². The second-order valence-corrected chi connectivity index (χ2v) is 9.75. The first kappa shape index (κ1) is 26.6. The predicted molar refractivity (Wildman–Crippen MR) is 124 cm³/mol. The molecule has 0 saturated heterocycles. The zero-order valence-electron chi connectivity index (χ0n) is 18.6. The van der Waals surface area contributed by atoms with Crippen LogP contribution in [0.2, 0.25) is 0 Å². The van der Waals surface area contributed by atoms with Gasteiger partial charge in [-0.1, -0.05) is 115 Å². The van der Waals surface area contributed by atoms with Crippen molar-refractivity contribution in [3.05, 3.63) is 30.3 Å². The summed E-state index contributed by atoms with van der Waals surface area (Å²) in [5.41, 5.74) is 0.400. The first-order valence-corrected chi connectivity index (χ1v) is 13.2. The summed E-state index contributed by atoms with van der Waals surface area (Å²) in [6, 6.07) is 9.56. The number of amides is 1. The van der Waals surface area contributed by atoms with Gasteiger partial charge in [-0.3, -0.25) is 9.35 Å². The molecule has 1 unspecified atom stereocenters. The van der Waals surface area contributed by atoms with Crippen molar-refractivity contribution in [3.63, 3.8) is 0 Å². The van der Waals surface area contributed by atoms with Gasteiger partial charge in [0.15, 0.2) is 5.25 Å². The molecule has 1 radical (unpaired) electrons. The van der Waals surface area contributed by atoms with Crippen molar-refractivity contribution in [2.75, 3.05) is 5.32 Å². The van der Waals surface area contributed by atoms with Crippen LogP contribution in [0.15, 0.2) is 24.3 Å². The molecule has 30 heavy (non-hydrogen) atoms. The van der Waals surface area contributed by atoms with Gasteiger partial charge >= 0.3 is 0 Å². The Morgan fingerprint density at radius 2 is 1.40 bits per heavy atom. The summed E-state index contributed by atoms with van der Waals surface area (Å²) < 4.78 is 32.7. The molecule has 0 aliphatic carbocycles. The summed E-state index contributed by atoms with van der Waals surface area (Å²) in [6.07, 6.45) is 17.0. The number of hydrogen-bond donors (Lipinski definition) is 2. The van der Waals surface area contributed by atoms with E-state index in [-0.39, 0.29) is 6.42 Å². The second-order valence-electron chi connectivity index (χ2n) is 8.15. The highest BCUT2D eigenvalue weighted by molar-refractivity contribution is 7.87. The van der Waals surface area contributed by atoms with E-state index in [0.717, 1.165) is 19.3 Å². The molecule has 0 spiro atoms. The number of rotatable bonds is 18. The third-order valence-electron chi connectivity index (χ3n) is 5.44. The van der Waals surface area contributed by atoms with Gasteiger partial charge in [0.25, 0.3) is 10.1 Å². The Labute approximate surface area is 183 Å². The van der Waals surface area contributed by atoms with Crippen LogP contribution in [0.3, 0.4) is 0 Å². The predicted octanol–water partition coefficient (Wildman–Crippen LogP) is 6.55. The zero-order chi connectivity index (χ0) is 22.1. The average Bonchev–Trinajstić information content (AvgIpc) is 2.70. The van der Waals surface area contributed by atoms with E-state index in [1.54, 1.807) is 24.3 Å². The standard InChI is InChI=1S/C24H40NO4S/c1-2-3-4-5-6-7-8-9-10-11-12-13-14-18-21-23(30(27,28)29)24(26)25-22-19-16-15-17-20-22/h15-17,19,23H,2-14,18,21H2,1H3,(H,25,26)(H,27,28,29). The lowest BCUT2D eigenvalue weighted by molar-refractivity contribution is -0.116. The molecule has 6 heteroatoms. The highest BCUT2D eigenvalue weighted by Crippen LogP contribution is 2.17. The lowest BCUT2D eigenvalue weighted by Crippen LogP contribution is -2.34. The lowest BCUT2D eigenvalue weighted by atomic mass is 10.0. The van der Waals surface area contributed by atoms with E-state index in [4.69, 9.17) is 0 Å². The Balaban J connectivity index is 2.10. The minimum atomic E-state index is -4.43. The summed E-state index contributed by atoms with van der Waals surface area (Å²) in [5, 5.41) is 1.09. The van der Waals surface area contributed by atoms with Crippen LogP contribution in [0, 0.1) is 6.07 Å². The normalized spacial score (nSPS) is 12.6. The number of carbonyl (C=O) groups is 1. The molecule has 0 fully saturated rings. The van der Waals surface area contributed by atoms with Gasteiger partial charge in [0.2, 0.25) is 5.91 Å². The van der Waals surface area contributed by atoms with Gasteiger partial charge in [-0.2, -0.15) is 8.42 Å². The second kappa shape index (κ2) is 16.3. The summed E-state index contributed by atoms with van der Waals surface area (Å²) in [7, 11) is -4.43. The minimum Gasteiger partial charge on any atom is -0.324 e. The Morgan fingerprint density at radius 3 is 1.83 bits per heavy atom. The quantitative estimate of drug-likeness (QED) is 0.201. The van der Waals surface area contributed by atoms with Crippen molar-refractivity contribution in [2.24, 2.45) is 0 Å². The van der Waals surface area contributed by atoms with Crippen LogP contribution in [-0.4, -0.2) is 24.1 Å². The van der Waals surface area contributed by atoms with Gasteiger partial charge in [-0.15, -0.1) is 0 Å². The summed E-state index contributed by atoms with van der Waals surface area (Å²) >= 11 is 0. The fourth-order valence-corrected chi connectivity index (χ4v) is 4.42. The van der Waals surface area contributed by atoms with E-state index in [1.165, 1.54) is 64.2 Å². The van der Waals surface area contributed by atoms with Crippen LogP contribution in [-0.2, 0) is 14.9 Å². The van der Waals surface area contributed by atoms with Crippen molar-refractivity contribution in [1.82, 2.24) is 0 Å². The highest BCUT2D eigenvalue weighted by Gasteiger charge is 2.30. The number of unbranched alkanes of at least 4 members (excludes halogenated alkanes) is 13. The first-order chi connectivity index (χ1) is 14.4. The van der Waals surface area contributed by atoms with Crippen LogP contribution in [0.25, 0.3) is 0 Å². The molecule has 1 atom stereocenters. The van der Waals surface area contributed by atoms with E-state index in [9.17, 15) is 17.8 Å². The molecular weight excluding hydrogens is 398 g/mol. The van der Waals surface area contributed by atoms with E-state index in [1.807, 2.05) is 0 Å². The zero-order valence-corrected chi connectivity index (χ0v) is 19.4. The van der Waals surface area contributed by atoms with Gasteiger partial charge in [-0.25, -0.2) is 0 Å². The lowest BCUT2D eigenvalue weighted by Gasteiger charge is -2.14. The van der Waals surface area contributed by atoms with Gasteiger partial charge in [0, 0.05) is 11.8 Å². The number of carbonyl (C=O) groups excluding carboxylic acids is 1. The molecule has 0 saturated carbocycles. The molecule has 0 aromatic heterocycles. The molecule has 1 rings (SSSR count). The van der Waals surface area contributed by atoms with Crippen LogP contribution in [0.1, 0.15) is 103 Å². The van der Waals surface area contributed by atoms with Crippen molar-refractivity contribution < 1.29 is 17.8 Å². The molecule has 0 aliphatic rings. The third kappa shape index (κ3) is 13.0. The Kier molecular flexibility index (Phi) is 14.5. The van der Waals surface area contributed by atoms with Crippen LogP contribution < -0.4 is 5.32 Å². The molecule has 1 amide bonds. The molecule has 0 heterocycles. The summed E-state index contributed by atoms with van der Waals surface area (Å²) in [4.78, 5) is 12.3. The Bertz CT molecular complexity index is 661. The van der Waals surface area contributed by atoms with E-state index < -0.39 is 21.3 Å². The third-order valence-corrected chi connectivity index (χ3v) is 6.61. The van der Waals surface area contributed by atoms with Gasteiger partial charge in [-0.05, 0) is 12.5 Å². The SMILES string of the molecule is CCCCCCCCCCCCCCCCC(C(=O)Nc1[c]cccc1)S(=O)(=O)O. The number of benzene rings is 1. The number of hydrogen-bond acceptors (Lipinski definition) is 3. The van der Waals surface area contributed by atoms with Crippen LogP contribution in [0.5, 0.6) is 0 Å². The molecule has 171 valence electrons. The maximum Gasteiger partial charge on any atom is 0.276 e. The van der Waals surface area contributed by atoms with Crippen LogP contribution in [0.4, 0.5) is 5.69 Å². The van der Waals surface area contributed by atoms with Crippen molar-refractivity contribution >= 4 is 21.7 Å². The topological polar surface area (TPSA) is 83.5 Å². The van der Waals surface area contributed by atoms with Crippen LogP contribution >= 0.6 is 0 Å². The fourth-order valence-electron chi connectivity index (χ4n) is 3.62. The average molecular weight is 439 g/mol. The fraction of sp³-hybridized carbons (Fsp3) is 0.708. The maximum atomic E-state index is 12.3. The molecule has 0 bridgehead atoms. The first-order valence-electron chi connectivity index (χ1n) is 11.7. The summed E-state index contributed by atoms with van der Waals surface area (Å²) in [6.45, 7) is 2.24. The van der Waals surface area contributed by atoms with Gasteiger partial charge in [0.05, 0.1) is 0 Å².